The summed E-state index contributed by atoms with van der Waals surface area (Å²) < 4.78 is 0. The zero-order valence-corrected chi connectivity index (χ0v) is 9.08. The minimum atomic E-state index is 0.806. The van der Waals surface area contributed by atoms with E-state index in [1.807, 2.05) is 0 Å². The summed E-state index contributed by atoms with van der Waals surface area (Å²) in [6.07, 6.45) is 5.17. The fraction of sp³-hybridized carbons (Fsp3) is 1.00. The molecule has 0 saturated heterocycles. The van der Waals surface area contributed by atoms with Crippen LogP contribution in [0.2, 0.25) is 0 Å². The fourth-order valence-corrected chi connectivity index (χ4v) is 0.539. The first kappa shape index (κ1) is 13.9. The third-order valence-electron chi connectivity index (χ3n) is 1.32. The van der Waals surface area contributed by atoms with Gasteiger partial charge in [-0.25, -0.2) is 0 Å². The van der Waals surface area contributed by atoms with Gasteiger partial charge in [0.25, 0.3) is 0 Å². The molecule has 0 spiro atoms. The van der Waals surface area contributed by atoms with Crippen LogP contribution in [0, 0.1) is 0 Å². The fourth-order valence-electron chi connectivity index (χ4n) is 0.381. The van der Waals surface area contributed by atoms with E-state index in [9.17, 15) is 0 Å². The Labute approximate surface area is 77.4 Å². The Morgan fingerprint density at radius 1 is 1.00 bits per heavy atom. The van der Waals surface area contributed by atoms with Crippen LogP contribution in [0.3, 0.4) is 0 Å². The van der Waals surface area contributed by atoms with Gasteiger partial charge in [-0.05, 0) is 13.0 Å². The molecule has 0 aromatic rings. The van der Waals surface area contributed by atoms with Gasteiger partial charge in [-0.3, -0.25) is 0 Å². The molecule has 70 valence electrons. The molecule has 0 aliphatic heterocycles. The Kier molecular flexibility index (Phi) is 21.1. The Balaban J connectivity index is 0. The lowest BCUT2D eigenvalue weighted by Gasteiger charge is -1.94. The first-order valence-corrected chi connectivity index (χ1v) is 5.28. The average molecular weight is 177 g/mol. The van der Waals surface area contributed by atoms with E-state index in [4.69, 9.17) is 0 Å². The van der Waals surface area contributed by atoms with Crippen molar-refractivity contribution in [2.45, 2.75) is 46.5 Å². The van der Waals surface area contributed by atoms with E-state index in [1.165, 1.54) is 25.7 Å². The lowest BCUT2D eigenvalue weighted by molar-refractivity contribution is 0.701. The summed E-state index contributed by atoms with van der Waals surface area (Å²) in [6.45, 7) is 7.65. The number of hydrogen-bond acceptors (Lipinski definition) is 2. The second-order valence-corrected chi connectivity index (χ2v) is 2.83. The molecule has 2 heteroatoms. The minimum Gasteiger partial charge on any atom is -0.308 e. The van der Waals surface area contributed by atoms with Crippen LogP contribution in [0.15, 0.2) is 0 Å². The zero-order valence-electron chi connectivity index (χ0n) is 8.19. The van der Waals surface area contributed by atoms with Crippen molar-refractivity contribution in [3.63, 3.8) is 0 Å². The van der Waals surface area contributed by atoms with Crippen molar-refractivity contribution in [3.05, 3.63) is 0 Å². The summed E-state index contributed by atoms with van der Waals surface area (Å²) in [6, 6.07) is 0. The van der Waals surface area contributed by atoms with Crippen molar-refractivity contribution >= 4 is 12.6 Å². The molecule has 0 aliphatic carbocycles. The van der Waals surface area contributed by atoms with Crippen molar-refractivity contribution in [1.82, 2.24) is 5.32 Å². The summed E-state index contributed by atoms with van der Waals surface area (Å²) in [4.78, 5) is 0. The van der Waals surface area contributed by atoms with Crippen LogP contribution in [0.5, 0.6) is 0 Å². The lowest BCUT2D eigenvalue weighted by atomic mass is 10.3. The van der Waals surface area contributed by atoms with Crippen LogP contribution in [0.1, 0.15) is 46.5 Å². The summed E-state index contributed by atoms with van der Waals surface area (Å²) in [5.41, 5.74) is 0. The predicted octanol–water partition coefficient (Wildman–Crippen LogP) is 3.07. The largest absolute Gasteiger partial charge is 0.308 e. The number of nitrogens with one attached hydrogen (secondary N) is 1. The van der Waals surface area contributed by atoms with Gasteiger partial charge in [0.2, 0.25) is 0 Å². The maximum absolute atomic E-state index is 3.98. The van der Waals surface area contributed by atoms with Gasteiger partial charge in [-0.2, -0.15) is 12.6 Å². The molecule has 0 fully saturated rings. The summed E-state index contributed by atoms with van der Waals surface area (Å²) in [5, 5.41) is 3.11. The maximum Gasteiger partial charge on any atom is 0.0387 e. The summed E-state index contributed by atoms with van der Waals surface area (Å²) in [5.74, 6) is 0.806. The monoisotopic (exact) mass is 177 g/mol. The van der Waals surface area contributed by atoms with Gasteiger partial charge >= 0.3 is 0 Å². The third-order valence-corrected chi connectivity index (χ3v) is 1.54. The molecule has 0 heterocycles. The molecule has 0 amide bonds. The molecule has 1 N–H and O–H groups in total. The van der Waals surface area contributed by atoms with E-state index in [0.717, 1.165) is 12.4 Å². The highest BCUT2D eigenvalue weighted by Gasteiger charge is 1.77. The first-order chi connectivity index (χ1) is 5.33. The molecular weight excluding hydrogens is 154 g/mol. The van der Waals surface area contributed by atoms with Gasteiger partial charge in [-0.15, -0.1) is 0 Å². The lowest BCUT2D eigenvalue weighted by Crippen LogP contribution is -2.11. The minimum absolute atomic E-state index is 0.806. The molecule has 0 aliphatic rings. The number of unbranched alkanes of at least 4 members (excludes halogenated alkanes) is 2. The highest BCUT2D eigenvalue weighted by Crippen LogP contribution is 1.81. The maximum atomic E-state index is 3.98. The van der Waals surface area contributed by atoms with Crippen LogP contribution in [-0.2, 0) is 0 Å². The van der Waals surface area contributed by atoms with E-state index in [2.05, 4.69) is 38.7 Å². The Hall–Kier alpha value is 0.310. The van der Waals surface area contributed by atoms with Crippen molar-refractivity contribution in [3.8, 4) is 0 Å². The highest BCUT2D eigenvalue weighted by molar-refractivity contribution is 7.80. The second-order valence-electron chi connectivity index (χ2n) is 2.51. The summed E-state index contributed by atoms with van der Waals surface area (Å²) in [7, 11) is 0. The van der Waals surface area contributed by atoms with E-state index in [0.29, 0.717) is 0 Å². The number of hydrogen-bond donors (Lipinski definition) is 2. The van der Waals surface area contributed by atoms with Gasteiger partial charge < -0.3 is 5.32 Å². The predicted molar refractivity (Wildman–Crippen MR) is 57.3 cm³/mol. The van der Waals surface area contributed by atoms with Crippen molar-refractivity contribution in [1.29, 1.82) is 0 Å². The van der Waals surface area contributed by atoms with E-state index < -0.39 is 0 Å². The normalized spacial score (nSPS) is 8.73. The topological polar surface area (TPSA) is 12.0 Å². The molecule has 0 aromatic heterocycles. The van der Waals surface area contributed by atoms with Gasteiger partial charge in [0.1, 0.15) is 0 Å². The smallest absolute Gasteiger partial charge is 0.0387 e. The quantitative estimate of drug-likeness (QED) is 0.374. The van der Waals surface area contributed by atoms with Gasteiger partial charge in [0.15, 0.2) is 0 Å². The van der Waals surface area contributed by atoms with E-state index >= 15 is 0 Å². The number of rotatable bonds is 5. The van der Waals surface area contributed by atoms with E-state index in [1.54, 1.807) is 0 Å². The molecule has 0 rings (SSSR count). The Bertz CT molecular complexity index is 42.8. The highest BCUT2D eigenvalue weighted by atomic mass is 32.1. The molecule has 0 unspecified atom stereocenters. The van der Waals surface area contributed by atoms with Crippen LogP contribution >= 0.6 is 12.6 Å². The van der Waals surface area contributed by atoms with Crippen molar-refractivity contribution < 1.29 is 0 Å². The molecule has 0 saturated carbocycles. The Morgan fingerprint density at radius 2 is 1.55 bits per heavy atom. The van der Waals surface area contributed by atoms with Crippen LogP contribution in [0.4, 0.5) is 0 Å². The molecule has 0 bridgehead atoms. The van der Waals surface area contributed by atoms with Crippen LogP contribution in [0.25, 0.3) is 0 Å². The first-order valence-electron chi connectivity index (χ1n) is 4.64. The second kappa shape index (κ2) is 16.7. The molecule has 11 heavy (non-hydrogen) atoms. The van der Waals surface area contributed by atoms with Crippen LogP contribution < -0.4 is 5.32 Å². The van der Waals surface area contributed by atoms with Gasteiger partial charge in [-0.1, -0.05) is 40.0 Å². The standard InChI is InChI=1S/C5H13NS.C4H10/c1-2-3-4-6-5-7;1-3-4-2/h6-7H,2-5H2,1H3;3-4H2,1-2H3. The zero-order chi connectivity index (χ0) is 8.95. The molecular formula is C9H23NS. The van der Waals surface area contributed by atoms with Crippen molar-refractivity contribution in [2.24, 2.45) is 0 Å². The SMILES string of the molecule is CCCC.CCCCNCS. The molecule has 0 atom stereocenters. The van der Waals surface area contributed by atoms with E-state index in [-0.39, 0.29) is 0 Å². The molecule has 0 aromatic carbocycles. The average Bonchev–Trinajstić information content (AvgIpc) is 2.06. The third kappa shape index (κ3) is 25.3. The van der Waals surface area contributed by atoms with Crippen molar-refractivity contribution in [2.75, 3.05) is 12.4 Å². The number of thiol groups is 1. The Morgan fingerprint density at radius 3 is 1.82 bits per heavy atom. The van der Waals surface area contributed by atoms with Gasteiger partial charge in [0.05, 0.1) is 0 Å². The summed E-state index contributed by atoms with van der Waals surface area (Å²) >= 11 is 3.98. The van der Waals surface area contributed by atoms with Crippen LogP contribution in [-0.4, -0.2) is 12.4 Å². The molecule has 1 nitrogen and oxygen atoms in total. The molecule has 0 radical (unpaired) electrons. The van der Waals surface area contributed by atoms with Gasteiger partial charge in [0, 0.05) is 5.88 Å².